The van der Waals surface area contributed by atoms with E-state index in [1.165, 1.54) is 12.1 Å². The molecule has 20 heavy (non-hydrogen) atoms. The van der Waals surface area contributed by atoms with E-state index in [9.17, 15) is 8.42 Å². The van der Waals surface area contributed by atoms with Gasteiger partial charge in [0.25, 0.3) is 0 Å². The zero-order chi connectivity index (χ0) is 14.8. The van der Waals surface area contributed by atoms with Gasteiger partial charge in [0.1, 0.15) is 4.90 Å². The summed E-state index contributed by atoms with van der Waals surface area (Å²) in [5, 5.41) is 0.212. The van der Waals surface area contributed by atoms with Crippen molar-refractivity contribution < 1.29 is 8.42 Å². The molecule has 0 atom stereocenters. The van der Waals surface area contributed by atoms with Gasteiger partial charge in [-0.15, -0.1) is 0 Å². The summed E-state index contributed by atoms with van der Waals surface area (Å²) in [6, 6.07) is 12.2. The lowest BCUT2D eigenvalue weighted by Gasteiger charge is -2.10. The second-order valence-corrected chi connectivity index (χ2v) is 6.88. The first-order valence-corrected chi connectivity index (χ1v) is 8.13. The summed E-state index contributed by atoms with van der Waals surface area (Å²) in [5.74, 6) is 0. The monoisotopic (exact) mass is 329 g/mol. The number of hydrogen-bond acceptors (Lipinski definition) is 2. The standard InChI is InChI=1S/C14H13Cl2NO2S/c1-10-4-2-5-11(8-10)9-17-20(18,19)14-12(15)6-3-7-13(14)16/h2-8,17H,9H2,1H3. The SMILES string of the molecule is Cc1cccc(CNS(=O)(=O)c2c(Cl)cccc2Cl)c1. The van der Waals surface area contributed by atoms with Crippen molar-refractivity contribution in [2.75, 3.05) is 0 Å². The fraction of sp³-hybridized carbons (Fsp3) is 0.143. The van der Waals surface area contributed by atoms with E-state index >= 15 is 0 Å². The maximum absolute atomic E-state index is 12.3. The first-order valence-electron chi connectivity index (χ1n) is 5.89. The van der Waals surface area contributed by atoms with Crippen molar-refractivity contribution in [2.45, 2.75) is 18.4 Å². The predicted molar refractivity (Wildman–Crippen MR) is 81.7 cm³/mol. The maximum Gasteiger partial charge on any atom is 0.243 e. The van der Waals surface area contributed by atoms with Crippen LogP contribution >= 0.6 is 23.2 Å². The molecule has 1 N–H and O–H groups in total. The molecule has 0 radical (unpaired) electrons. The van der Waals surface area contributed by atoms with E-state index in [-0.39, 0.29) is 21.5 Å². The third-order valence-electron chi connectivity index (χ3n) is 2.74. The fourth-order valence-corrected chi connectivity index (χ4v) is 3.97. The normalized spacial score (nSPS) is 11.6. The van der Waals surface area contributed by atoms with E-state index in [1.807, 2.05) is 31.2 Å². The van der Waals surface area contributed by atoms with Gasteiger partial charge in [-0.25, -0.2) is 13.1 Å². The molecule has 2 aromatic rings. The van der Waals surface area contributed by atoms with Crippen LogP contribution in [-0.2, 0) is 16.6 Å². The van der Waals surface area contributed by atoms with E-state index in [4.69, 9.17) is 23.2 Å². The molecule has 0 saturated carbocycles. The van der Waals surface area contributed by atoms with Gasteiger partial charge in [0.15, 0.2) is 0 Å². The summed E-state index contributed by atoms with van der Waals surface area (Å²) in [7, 11) is -3.75. The highest BCUT2D eigenvalue weighted by Crippen LogP contribution is 2.28. The second-order valence-electron chi connectivity index (χ2n) is 4.36. The van der Waals surface area contributed by atoms with Gasteiger partial charge in [-0.1, -0.05) is 59.1 Å². The number of benzene rings is 2. The van der Waals surface area contributed by atoms with Crippen molar-refractivity contribution in [3.05, 3.63) is 63.6 Å². The molecule has 0 aromatic heterocycles. The molecule has 0 bridgehead atoms. The second kappa shape index (κ2) is 6.14. The highest BCUT2D eigenvalue weighted by molar-refractivity contribution is 7.89. The summed E-state index contributed by atoms with van der Waals surface area (Å²) in [6.45, 7) is 2.13. The quantitative estimate of drug-likeness (QED) is 0.927. The average molecular weight is 330 g/mol. The molecule has 0 fully saturated rings. The number of sulfonamides is 1. The van der Waals surface area contributed by atoms with Crippen LogP contribution in [-0.4, -0.2) is 8.42 Å². The van der Waals surface area contributed by atoms with E-state index in [0.717, 1.165) is 11.1 Å². The highest BCUT2D eigenvalue weighted by atomic mass is 35.5. The van der Waals surface area contributed by atoms with Crippen LogP contribution in [0.2, 0.25) is 10.0 Å². The Kier molecular flexibility index (Phi) is 4.70. The predicted octanol–water partition coefficient (Wildman–Crippen LogP) is 3.78. The summed E-state index contributed by atoms with van der Waals surface area (Å²) in [4.78, 5) is -0.0870. The summed E-state index contributed by atoms with van der Waals surface area (Å²) >= 11 is 11.8. The molecular weight excluding hydrogens is 317 g/mol. The lowest BCUT2D eigenvalue weighted by atomic mass is 10.1. The Hall–Kier alpha value is -1.07. The Morgan fingerprint density at radius 3 is 2.25 bits per heavy atom. The Morgan fingerprint density at radius 1 is 1.05 bits per heavy atom. The third kappa shape index (κ3) is 3.52. The molecule has 0 aliphatic carbocycles. The van der Waals surface area contributed by atoms with Crippen LogP contribution in [0.5, 0.6) is 0 Å². The van der Waals surface area contributed by atoms with Crippen molar-refractivity contribution in [3.63, 3.8) is 0 Å². The minimum atomic E-state index is -3.75. The van der Waals surface area contributed by atoms with Crippen LogP contribution < -0.4 is 4.72 Å². The van der Waals surface area contributed by atoms with Crippen molar-refractivity contribution in [1.29, 1.82) is 0 Å². The van der Waals surface area contributed by atoms with Gasteiger partial charge in [0.05, 0.1) is 10.0 Å². The molecule has 0 aliphatic rings. The lowest BCUT2D eigenvalue weighted by molar-refractivity contribution is 0.581. The minimum absolute atomic E-state index is 0.0870. The molecule has 6 heteroatoms. The maximum atomic E-state index is 12.3. The van der Waals surface area contributed by atoms with Crippen LogP contribution in [0.15, 0.2) is 47.4 Å². The summed E-state index contributed by atoms with van der Waals surface area (Å²) in [5.41, 5.74) is 1.94. The van der Waals surface area contributed by atoms with Crippen molar-refractivity contribution in [1.82, 2.24) is 4.72 Å². The molecular formula is C14H13Cl2NO2S. The summed E-state index contributed by atoms with van der Waals surface area (Å²) in [6.07, 6.45) is 0. The largest absolute Gasteiger partial charge is 0.243 e. The molecule has 2 rings (SSSR count). The van der Waals surface area contributed by atoms with E-state index < -0.39 is 10.0 Å². The van der Waals surface area contributed by atoms with Gasteiger partial charge in [-0.05, 0) is 24.6 Å². The number of halogens is 2. The van der Waals surface area contributed by atoms with Gasteiger partial charge in [0, 0.05) is 6.54 Å². The zero-order valence-corrected chi connectivity index (χ0v) is 13.1. The summed E-state index contributed by atoms with van der Waals surface area (Å²) < 4.78 is 27.0. The van der Waals surface area contributed by atoms with Crippen molar-refractivity contribution in [3.8, 4) is 0 Å². The number of hydrogen-bond donors (Lipinski definition) is 1. The first kappa shape index (κ1) is 15.3. The molecule has 106 valence electrons. The van der Waals surface area contributed by atoms with Gasteiger partial charge >= 0.3 is 0 Å². The first-order chi connectivity index (χ1) is 9.40. The van der Waals surface area contributed by atoms with Crippen molar-refractivity contribution in [2.24, 2.45) is 0 Å². The smallest absolute Gasteiger partial charge is 0.207 e. The molecule has 0 heterocycles. The van der Waals surface area contributed by atoms with Crippen LogP contribution in [0.25, 0.3) is 0 Å². The Morgan fingerprint density at radius 2 is 1.65 bits per heavy atom. The van der Waals surface area contributed by atoms with Gasteiger partial charge in [0.2, 0.25) is 10.0 Å². The van der Waals surface area contributed by atoms with Crippen LogP contribution in [0, 0.1) is 6.92 Å². The van der Waals surface area contributed by atoms with Gasteiger partial charge in [-0.3, -0.25) is 0 Å². The van der Waals surface area contributed by atoms with Crippen LogP contribution in [0.1, 0.15) is 11.1 Å². The average Bonchev–Trinajstić information content (AvgIpc) is 2.36. The Bertz CT molecular complexity index is 709. The number of rotatable bonds is 4. The Balaban J connectivity index is 2.24. The molecule has 0 amide bonds. The number of nitrogens with one attached hydrogen (secondary N) is 1. The van der Waals surface area contributed by atoms with E-state index in [2.05, 4.69) is 4.72 Å². The molecule has 0 spiro atoms. The number of aryl methyl sites for hydroxylation is 1. The molecule has 2 aromatic carbocycles. The third-order valence-corrected chi connectivity index (χ3v) is 5.09. The van der Waals surface area contributed by atoms with Crippen LogP contribution in [0.3, 0.4) is 0 Å². The minimum Gasteiger partial charge on any atom is -0.207 e. The molecule has 0 unspecified atom stereocenters. The lowest BCUT2D eigenvalue weighted by Crippen LogP contribution is -2.23. The highest BCUT2D eigenvalue weighted by Gasteiger charge is 2.21. The molecule has 0 saturated heterocycles. The molecule has 0 aliphatic heterocycles. The zero-order valence-electron chi connectivity index (χ0n) is 10.7. The van der Waals surface area contributed by atoms with Crippen molar-refractivity contribution >= 4 is 33.2 Å². The Labute approximate surface area is 128 Å². The van der Waals surface area contributed by atoms with Crippen LogP contribution in [0.4, 0.5) is 0 Å². The molecule has 3 nitrogen and oxygen atoms in total. The van der Waals surface area contributed by atoms with E-state index in [0.29, 0.717) is 0 Å². The fourth-order valence-electron chi connectivity index (χ4n) is 1.81. The van der Waals surface area contributed by atoms with Gasteiger partial charge in [-0.2, -0.15) is 0 Å². The van der Waals surface area contributed by atoms with E-state index in [1.54, 1.807) is 6.07 Å². The van der Waals surface area contributed by atoms with Gasteiger partial charge < -0.3 is 0 Å². The topological polar surface area (TPSA) is 46.2 Å².